The predicted octanol–water partition coefficient (Wildman–Crippen LogP) is 2.68. The lowest BCUT2D eigenvalue weighted by molar-refractivity contribution is 0.0946. The van der Waals surface area contributed by atoms with E-state index in [2.05, 4.69) is 20.6 Å². The van der Waals surface area contributed by atoms with E-state index in [0.29, 0.717) is 23.7 Å². The highest BCUT2D eigenvalue weighted by Gasteiger charge is 2.14. The van der Waals surface area contributed by atoms with Gasteiger partial charge in [-0.3, -0.25) is 19.6 Å². The van der Waals surface area contributed by atoms with Gasteiger partial charge in [-0.2, -0.15) is 0 Å². The highest BCUT2D eigenvalue weighted by Crippen LogP contribution is 2.29. The lowest BCUT2D eigenvalue weighted by Crippen LogP contribution is -2.24. The van der Waals surface area contributed by atoms with Crippen LogP contribution >= 0.6 is 0 Å². The third-order valence-electron chi connectivity index (χ3n) is 4.09. The molecule has 0 aliphatic heterocycles. The van der Waals surface area contributed by atoms with Crippen molar-refractivity contribution in [1.82, 2.24) is 15.3 Å². The third-order valence-corrected chi connectivity index (χ3v) is 4.09. The number of hydrogen-bond donors (Lipinski definition) is 2. The van der Waals surface area contributed by atoms with Crippen molar-refractivity contribution < 1.29 is 19.1 Å². The number of nitrogens with one attached hydrogen (secondary N) is 2. The van der Waals surface area contributed by atoms with Crippen LogP contribution in [-0.2, 0) is 6.54 Å². The molecule has 0 saturated heterocycles. The molecule has 0 saturated carbocycles. The zero-order valence-electron chi connectivity index (χ0n) is 16.0. The summed E-state index contributed by atoms with van der Waals surface area (Å²) in [4.78, 5) is 33.1. The average molecular weight is 392 g/mol. The number of rotatable bonds is 7. The molecule has 0 fully saturated rings. The quantitative estimate of drug-likeness (QED) is 0.641. The van der Waals surface area contributed by atoms with Crippen LogP contribution in [0.5, 0.6) is 11.5 Å². The van der Waals surface area contributed by atoms with Crippen molar-refractivity contribution in [2.45, 2.75) is 6.54 Å². The van der Waals surface area contributed by atoms with Crippen LogP contribution in [-0.4, -0.2) is 36.0 Å². The maximum Gasteiger partial charge on any atom is 0.270 e. The SMILES string of the molecule is COc1ccc(OC)c(NC(=O)c2ccnc(C(=O)NCc3cccnc3)c2)c1. The molecule has 2 N–H and O–H groups in total. The summed E-state index contributed by atoms with van der Waals surface area (Å²) >= 11 is 0. The van der Waals surface area contributed by atoms with Crippen molar-refractivity contribution in [2.75, 3.05) is 19.5 Å². The fourth-order valence-electron chi connectivity index (χ4n) is 2.58. The van der Waals surface area contributed by atoms with Crippen molar-refractivity contribution in [3.8, 4) is 11.5 Å². The number of pyridine rings is 2. The highest BCUT2D eigenvalue weighted by molar-refractivity contribution is 6.06. The Kier molecular flexibility index (Phi) is 6.36. The van der Waals surface area contributed by atoms with Crippen molar-refractivity contribution in [2.24, 2.45) is 0 Å². The normalized spacial score (nSPS) is 10.1. The number of aromatic nitrogens is 2. The van der Waals surface area contributed by atoms with Crippen LogP contribution in [0.25, 0.3) is 0 Å². The van der Waals surface area contributed by atoms with Gasteiger partial charge < -0.3 is 20.1 Å². The van der Waals surface area contributed by atoms with Crippen molar-refractivity contribution in [1.29, 1.82) is 0 Å². The van der Waals surface area contributed by atoms with E-state index in [1.54, 1.807) is 36.7 Å². The molecular weight excluding hydrogens is 372 g/mol. The Morgan fingerprint density at radius 2 is 1.86 bits per heavy atom. The van der Waals surface area contributed by atoms with Gasteiger partial charge in [0.15, 0.2) is 0 Å². The summed E-state index contributed by atoms with van der Waals surface area (Å²) in [6.45, 7) is 0.311. The van der Waals surface area contributed by atoms with Crippen LogP contribution in [0.2, 0.25) is 0 Å². The first-order valence-corrected chi connectivity index (χ1v) is 8.77. The third kappa shape index (κ3) is 5.07. The smallest absolute Gasteiger partial charge is 0.270 e. The largest absolute Gasteiger partial charge is 0.497 e. The minimum Gasteiger partial charge on any atom is -0.497 e. The molecule has 0 aliphatic carbocycles. The monoisotopic (exact) mass is 392 g/mol. The first-order valence-electron chi connectivity index (χ1n) is 8.77. The number of methoxy groups -OCH3 is 2. The highest BCUT2D eigenvalue weighted by atomic mass is 16.5. The fraction of sp³-hybridized carbons (Fsp3) is 0.143. The number of carbonyl (C=O) groups excluding carboxylic acids is 2. The summed E-state index contributed by atoms with van der Waals surface area (Å²) in [6.07, 6.45) is 4.74. The van der Waals surface area contributed by atoms with E-state index in [4.69, 9.17) is 9.47 Å². The van der Waals surface area contributed by atoms with Crippen molar-refractivity contribution >= 4 is 17.5 Å². The number of amides is 2. The van der Waals surface area contributed by atoms with Gasteiger partial charge in [0.2, 0.25) is 0 Å². The average Bonchev–Trinajstić information content (AvgIpc) is 2.78. The molecule has 8 nitrogen and oxygen atoms in total. The summed E-state index contributed by atoms with van der Waals surface area (Å²) in [5, 5.41) is 5.52. The van der Waals surface area contributed by atoms with E-state index in [0.717, 1.165) is 5.56 Å². The second-order valence-corrected chi connectivity index (χ2v) is 5.99. The standard InChI is InChI=1S/C21H20N4O4/c1-28-16-5-6-19(29-2)17(11-16)25-20(26)15-7-9-23-18(10-15)21(27)24-13-14-4-3-8-22-12-14/h3-12H,13H2,1-2H3,(H,24,27)(H,25,26). The predicted molar refractivity (Wildman–Crippen MR) is 107 cm³/mol. The molecule has 3 rings (SSSR count). The Balaban J connectivity index is 1.72. The van der Waals surface area contributed by atoms with Gasteiger partial charge in [-0.05, 0) is 35.9 Å². The lowest BCUT2D eigenvalue weighted by Gasteiger charge is -2.12. The molecule has 29 heavy (non-hydrogen) atoms. The van der Waals surface area contributed by atoms with E-state index < -0.39 is 5.91 Å². The summed E-state index contributed by atoms with van der Waals surface area (Å²) in [6, 6.07) is 11.7. The zero-order chi connectivity index (χ0) is 20.6. The number of carbonyl (C=O) groups is 2. The number of anilines is 1. The number of nitrogens with zero attached hydrogens (tertiary/aromatic N) is 2. The molecule has 0 bridgehead atoms. The molecule has 0 radical (unpaired) electrons. The minimum absolute atomic E-state index is 0.138. The minimum atomic E-state index is -0.403. The molecule has 3 aromatic rings. The molecule has 0 unspecified atom stereocenters. The maximum absolute atomic E-state index is 12.7. The van der Waals surface area contributed by atoms with Crippen LogP contribution in [0, 0.1) is 0 Å². The number of benzene rings is 1. The molecule has 2 aromatic heterocycles. The van der Waals surface area contributed by atoms with Crippen LogP contribution in [0.4, 0.5) is 5.69 Å². The second kappa shape index (κ2) is 9.32. The molecule has 0 atom stereocenters. The van der Waals surface area contributed by atoms with E-state index in [-0.39, 0.29) is 17.2 Å². The van der Waals surface area contributed by atoms with Gasteiger partial charge in [0.25, 0.3) is 11.8 Å². The Morgan fingerprint density at radius 1 is 1.00 bits per heavy atom. The Labute approximate surface area is 167 Å². The van der Waals surface area contributed by atoms with Gasteiger partial charge in [0.05, 0.1) is 19.9 Å². The van der Waals surface area contributed by atoms with Gasteiger partial charge in [0, 0.05) is 36.8 Å². The molecule has 0 spiro atoms. The first kappa shape index (κ1) is 19.8. The second-order valence-electron chi connectivity index (χ2n) is 5.99. The number of ether oxygens (including phenoxy) is 2. The number of hydrogen-bond acceptors (Lipinski definition) is 6. The molecule has 8 heteroatoms. The van der Waals surface area contributed by atoms with Gasteiger partial charge in [-0.1, -0.05) is 6.07 Å². The Bertz CT molecular complexity index is 1010. The summed E-state index contributed by atoms with van der Waals surface area (Å²) in [7, 11) is 3.04. The van der Waals surface area contributed by atoms with Crippen LogP contribution in [0.1, 0.15) is 26.4 Å². The topological polar surface area (TPSA) is 102 Å². The van der Waals surface area contributed by atoms with Gasteiger partial charge in [-0.25, -0.2) is 0 Å². The van der Waals surface area contributed by atoms with Gasteiger partial charge >= 0.3 is 0 Å². The van der Waals surface area contributed by atoms with Crippen LogP contribution in [0.15, 0.2) is 61.1 Å². The summed E-state index contributed by atoms with van der Waals surface area (Å²) in [5.41, 5.74) is 1.74. The van der Waals surface area contributed by atoms with Crippen LogP contribution in [0.3, 0.4) is 0 Å². The Hall–Kier alpha value is -3.94. The molecule has 1 aromatic carbocycles. The molecule has 148 valence electrons. The van der Waals surface area contributed by atoms with Gasteiger partial charge in [0.1, 0.15) is 17.2 Å². The molecule has 2 amide bonds. The van der Waals surface area contributed by atoms with Crippen molar-refractivity contribution in [3.05, 3.63) is 77.9 Å². The molecule has 2 heterocycles. The van der Waals surface area contributed by atoms with E-state index in [1.807, 2.05) is 6.07 Å². The maximum atomic E-state index is 12.7. The van der Waals surface area contributed by atoms with E-state index >= 15 is 0 Å². The van der Waals surface area contributed by atoms with E-state index in [9.17, 15) is 9.59 Å². The summed E-state index contributed by atoms with van der Waals surface area (Å²) < 4.78 is 10.4. The molecular formula is C21H20N4O4. The zero-order valence-corrected chi connectivity index (χ0v) is 16.0. The van der Waals surface area contributed by atoms with E-state index in [1.165, 1.54) is 32.5 Å². The van der Waals surface area contributed by atoms with Crippen LogP contribution < -0.4 is 20.1 Å². The fourth-order valence-corrected chi connectivity index (χ4v) is 2.58. The Morgan fingerprint density at radius 3 is 2.59 bits per heavy atom. The lowest BCUT2D eigenvalue weighted by atomic mass is 10.2. The van der Waals surface area contributed by atoms with Crippen molar-refractivity contribution in [3.63, 3.8) is 0 Å². The summed E-state index contributed by atoms with van der Waals surface area (Å²) in [5.74, 6) is 0.275. The van der Waals surface area contributed by atoms with Gasteiger partial charge in [-0.15, -0.1) is 0 Å². The molecule has 0 aliphatic rings. The first-order chi connectivity index (χ1) is 14.1.